The molecule has 4 heteroatoms. The third kappa shape index (κ3) is 2.42. The summed E-state index contributed by atoms with van der Waals surface area (Å²) in [6.07, 6.45) is 0. The van der Waals surface area contributed by atoms with Crippen LogP contribution in [0.3, 0.4) is 0 Å². The molecule has 1 rings (SSSR count). The lowest BCUT2D eigenvalue weighted by Gasteiger charge is -2.16. The fraction of sp³-hybridized carbons (Fsp3) is 0.222. The van der Waals surface area contributed by atoms with E-state index in [2.05, 4.69) is 15.9 Å². The molecule has 0 aliphatic heterocycles. The molecule has 0 fully saturated rings. The van der Waals surface area contributed by atoms with Crippen LogP contribution < -0.4 is 10.6 Å². The van der Waals surface area contributed by atoms with Crippen LogP contribution in [-0.4, -0.2) is 19.1 Å². The Morgan fingerprint density at radius 2 is 2.08 bits per heavy atom. The Hall–Kier alpha value is -0.610. The Kier molecular flexibility index (Phi) is 3.27. The van der Waals surface area contributed by atoms with Crippen molar-refractivity contribution in [1.29, 1.82) is 0 Å². The summed E-state index contributed by atoms with van der Waals surface area (Å²) >= 11 is 8.35. The molecule has 0 aromatic heterocycles. The Morgan fingerprint density at radius 1 is 1.46 bits per heavy atom. The number of nitrogens with zero attached hydrogens (tertiary/aromatic N) is 1. The number of nitrogens with two attached hydrogens (primary N) is 1. The van der Waals surface area contributed by atoms with E-state index >= 15 is 0 Å². The first-order valence-electron chi connectivity index (χ1n) is 3.79. The second-order valence-electron chi connectivity index (χ2n) is 2.92. The quantitative estimate of drug-likeness (QED) is 0.825. The van der Waals surface area contributed by atoms with Gasteiger partial charge in [0.1, 0.15) is 4.99 Å². The predicted molar refractivity (Wildman–Crippen MR) is 64.4 cm³/mol. The first kappa shape index (κ1) is 10.5. The summed E-state index contributed by atoms with van der Waals surface area (Å²) in [4.78, 5) is 2.41. The van der Waals surface area contributed by atoms with Gasteiger partial charge in [-0.1, -0.05) is 28.1 Å². The summed E-state index contributed by atoms with van der Waals surface area (Å²) < 4.78 is 1.02. The highest BCUT2D eigenvalue weighted by molar-refractivity contribution is 9.10. The molecule has 70 valence electrons. The summed E-state index contributed by atoms with van der Waals surface area (Å²) in [5, 5.41) is 0. The highest BCUT2D eigenvalue weighted by atomic mass is 79.9. The van der Waals surface area contributed by atoms with Crippen LogP contribution in [0.5, 0.6) is 0 Å². The van der Waals surface area contributed by atoms with Crippen LogP contribution in [0.15, 0.2) is 22.7 Å². The average Bonchev–Trinajstić information content (AvgIpc) is 2.03. The standard InChI is InChI=1S/C9H11BrN2S/c1-12(2)8-5-6(10)3-4-7(8)9(11)13/h3-5H,1-2H3,(H2,11,13). The van der Waals surface area contributed by atoms with Gasteiger partial charge in [-0.2, -0.15) is 0 Å². The number of benzene rings is 1. The van der Waals surface area contributed by atoms with Crippen LogP contribution in [0.4, 0.5) is 5.69 Å². The van der Waals surface area contributed by atoms with Gasteiger partial charge >= 0.3 is 0 Å². The zero-order chi connectivity index (χ0) is 10.0. The van der Waals surface area contributed by atoms with E-state index in [0.717, 1.165) is 15.7 Å². The van der Waals surface area contributed by atoms with E-state index in [9.17, 15) is 0 Å². The van der Waals surface area contributed by atoms with Crippen molar-refractivity contribution in [3.8, 4) is 0 Å². The maximum atomic E-state index is 5.59. The third-order valence-corrected chi connectivity index (χ3v) is 2.42. The van der Waals surface area contributed by atoms with Crippen LogP contribution in [0.2, 0.25) is 0 Å². The third-order valence-electron chi connectivity index (χ3n) is 1.71. The van der Waals surface area contributed by atoms with Crippen molar-refractivity contribution in [3.05, 3.63) is 28.2 Å². The van der Waals surface area contributed by atoms with E-state index in [1.165, 1.54) is 0 Å². The minimum atomic E-state index is 0.427. The molecule has 2 nitrogen and oxygen atoms in total. The zero-order valence-corrected chi connectivity index (χ0v) is 9.95. The molecule has 0 radical (unpaired) electrons. The second-order valence-corrected chi connectivity index (χ2v) is 4.28. The fourth-order valence-electron chi connectivity index (χ4n) is 1.08. The molecule has 1 aromatic carbocycles. The van der Waals surface area contributed by atoms with Gasteiger partial charge in [-0.25, -0.2) is 0 Å². The monoisotopic (exact) mass is 258 g/mol. The lowest BCUT2D eigenvalue weighted by Crippen LogP contribution is -2.17. The molecule has 0 unspecified atom stereocenters. The summed E-state index contributed by atoms with van der Waals surface area (Å²) in [5.74, 6) is 0. The molecular weight excluding hydrogens is 248 g/mol. The summed E-state index contributed by atoms with van der Waals surface area (Å²) in [6.45, 7) is 0. The molecule has 0 saturated heterocycles. The van der Waals surface area contributed by atoms with Gasteiger partial charge in [0.05, 0.1) is 0 Å². The van der Waals surface area contributed by atoms with Crippen LogP contribution in [-0.2, 0) is 0 Å². The second kappa shape index (κ2) is 4.07. The number of rotatable bonds is 2. The van der Waals surface area contributed by atoms with E-state index in [1.54, 1.807) is 0 Å². The van der Waals surface area contributed by atoms with Crippen molar-refractivity contribution < 1.29 is 0 Å². The maximum absolute atomic E-state index is 5.59. The molecule has 1 aromatic rings. The van der Waals surface area contributed by atoms with Gasteiger partial charge in [0.25, 0.3) is 0 Å². The number of halogens is 1. The van der Waals surface area contributed by atoms with E-state index in [1.807, 2.05) is 37.2 Å². The van der Waals surface area contributed by atoms with E-state index in [-0.39, 0.29) is 0 Å². The van der Waals surface area contributed by atoms with Gasteiger partial charge in [0, 0.05) is 29.8 Å². The molecule has 13 heavy (non-hydrogen) atoms. The predicted octanol–water partition coefficient (Wildman–Crippen LogP) is 2.15. The van der Waals surface area contributed by atoms with Crippen molar-refractivity contribution in [2.24, 2.45) is 5.73 Å². The molecule has 0 heterocycles. The van der Waals surface area contributed by atoms with Gasteiger partial charge in [-0.15, -0.1) is 0 Å². The SMILES string of the molecule is CN(C)c1cc(Br)ccc1C(N)=S. The topological polar surface area (TPSA) is 29.3 Å². The van der Waals surface area contributed by atoms with Crippen molar-refractivity contribution in [2.45, 2.75) is 0 Å². The van der Waals surface area contributed by atoms with E-state index in [4.69, 9.17) is 18.0 Å². The molecule has 0 spiro atoms. The normalized spacial score (nSPS) is 9.77. The molecule has 0 saturated carbocycles. The largest absolute Gasteiger partial charge is 0.389 e. The molecule has 2 N–H and O–H groups in total. The highest BCUT2D eigenvalue weighted by Crippen LogP contribution is 2.23. The number of anilines is 1. The summed E-state index contributed by atoms with van der Waals surface area (Å²) in [6, 6.07) is 5.84. The van der Waals surface area contributed by atoms with Gasteiger partial charge in [-0.3, -0.25) is 0 Å². The Bertz CT molecular complexity index is 336. The number of hydrogen-bond acceptors (Lipinski definition) is 2. The number of hydrogen-bond donors (Lipinski definition) is 1. The molecular formula is C9H11BrN2S. The Morgan fingerprint density at radius 3 is 2.54 bits per heavy atom. The maximum Gasteiger partial charge on any atom is 0.106 e. The van der Waals surface area contributed by atoms with Gasteiger partial charge < -0.3 is 10.6 Å². The first-order chi connectivity index (χ1) is 6.02. The molecule has 0 atom stereocenters. The van der Waals surface area contributed by atoms with E-state index < -0.39 is 0 Å². The molecule has 0 aliphatic carbocycles. The van der Waals surface area contributed by atoms with Crippen LogP contribution >= 0.6 is 28.1 Å². The summed E-state index contributed by atoms with van der Waals surface area (Å²) in [7, 11) is 3.92. The lowest BCUT2D eigenvalue weighted by atomic mass is 10.1. The fourth-order valence-corrected chi connectivity index (χ4v) is 1.60. The minimum absolute atomic E-state index is 0.427. The zero-order valence-electron chi connectivity index (χ0n) is 7.54. The van der Waals surface area contributed by atoms with Crippen molar-refractivity contribution >= 4 is 38.8 Å². The minimum Gasteiger partial charge on any atom is -0.389 e. The number of thiocarbonyl (C=S) groups is 1. The van der Waals surface area contributed by atoms with E-state index in [0.29, 0.717) is 4.99 Å². The first-order valence-corrected chi connectivity index (χ1v) is 4.99. The van der Waals surface area contributed by atoms with Gasteiger partial charge in [0.15, 0.2) is 0 Å². The highest BCUT2D eigenvalue weighted by Gasteiger charge is 2.06. The average molecular weight is 259 g/mol. The summed E-state index contributed by atoms with van der Waals surface area (Å²) in [5.41, 5.74) is 7.53. The van der Waals surface area contributed by atoms with Crippen LogP contribution in [0.25, 0.3) is 0 Å². The van der Waals surface area contributed by atoms with Crippen molar-refractivity contribution in [3.63, 3.8) is 0 Å². The smallest absolute Gasteiger partial charge is 0.106 e. The molecule has 0 bridgehead atoms. The molecule has 0 aliphatic rings. The van der Waals surface area contributed by atoms with Gasteiger partial charge in [0.2, 0.25) is 0 Å². The lowest BCUT2D eigenvalue weighted by molar-refractivity contribution is 1.13. The Balaban J connectivity index is 3.26. The van der Waals surface area contributed by atoms with Crippen molar-refractivity contribution in [2.75, 3.05) is 19.0 Å². The molecule has 0 amide bonds. The van der Waals surface area contributed by atoms with Gasteiger partial charge in [-0.05, 0) is 18.2 Å². The van der Waals surface area contributed by atoms with Crippen LogP contribution in [0, 0.1) is 0 Å². The van der Waals surface area contributed by atoms with Crippen LogP contribution in [0.1, 0.15) is 5.56 Å². The van der Waals surface area contributed by atoms with Crippen molar-refractivity contribution in [1.82, 2.24) is 0 Å². The Labute approximate surface area is 91.9 Å².